The fraction of sp³-hybridized carbons (Fsp3) is 0. The summed E-state index contributed by atoms with van der Waals surface area (Å²) < 4.78 is 54.4. The van der Waals surface area contributed by atoms with Crippen LogP contribution in [0.3, 0.4) is 0 Å². The van der Waals surface area contributed by atoms with Crippen molar-refractivity contribution in [3.63, 3.8) is 0 Å². The van der Waals surface area contributed by atoms with Crippen LogP contribution >= 0.6 is 11.3 Å². The van der Waals surface area contributed by atoms with Gasteiger partial charge >= 0.3 is 0 Å². The molecule has 0 atom stereocenters. The Hall–Kier alpha value is -3.37. The number of fused-ring (bicyclic) bond motifs is 1. The Morgan fingerprint density at radius 3 is 2.30 bits per heavy atom. The second-order valence-electron chi connectivity index (χ2n) is 6.20. The Kier molecular flexibility index (Phi) is 5.18. The molecule has 0 aliphatic heterocycles. The molecule has 3 aromatic carbocycles. The number of thiazole rings is 1. The molecule has 0 saturated heterocycles. The minimum atomic E-state index is -3.89. The Morgan fingerprint density at radius 2 is 1.63 bits per heavy atom. The molecule has 0 radical (unpaired) electrons. The van der Waals surface area contributed by atoms with E-state index in [4.69, 9.17) is 0 Å². The van der Waals surface area contributed by atoms with Crippen molar-refractivity contribution in [1.29, 1.82) is 0 Å². The van der Waals surface area contributed by atoms with Gasteiger partial charge in [-0.25, -0.2) is 22.2 Å². The number of benzene rings is 3. The summed E-state index contributed by atoms with van der Waals surface area (Å²) in [6.07, 6.45) is 0. The van der Waals surface area contributed by atoms with Crippen LogP contribution in [0.15, 0.2) is 71.6 Å². The summed E-state index contributed by atoms with van der Waals surface area (Å²) in [5.41, 5.74) is 0.681. The molecule has 0 spiro atoms. The summed E-state index contributed by atoms with van der Waals surface area (Å²) in [6.45, 7) is 0. The highest BCUT2D eigenvalue weighted by Gasteiger charge is 2.15. The predicted molar refractivity (Wildman–Crippen MR) is 111 cm³/mol. The van der Waals surface area contributed by atoms with E-state index in [2.05, 4.69) is 15.0 Å². The maximum atomic E-state index is 13.7. The standard InChI is InChI=1S/C20H13F2N3O3S2/c21-13-6-10-15(11-7-13)30(27,28)25-14-8-4-12(5-9-14)19(26)24-20-23-18-16(22)2-1-3-17(18)29-20/h1-11,25H,(H,23,24,26). The average Bonchev–Trinajstić information content (AvgIpc) is 3.12. The Labute approximate surface area is 174 Å². The molecule has 30 heavy (non-hydrogen) atoms. The van der Waals surface area contributed by atoms with Crippen LogP contribution in [-0.2, 0) is 10.0 Å². The Morgan fingerprint density at radius 1 is 0.933 bits per heavy atom. The molecule has 10 heteroatoms. The number of sulfonamides is 1. The highest BCUT2D eigenvalue weighted by Crippen LogP contribution is 2.28. The number of rotatable bonds is 5. The monoisotopic (exact) mass is 445 g/mol. The van der Waals surface area contributed by atoms with E-state index in [1.807, 2.05) is 0 Å². The van der Waals surface area contributed by atoms with Crippen LogP contribution in [0.1, 0.15) is 10.4 Å². The van der Waals surface area contributed by atoms with Crippen molar-refractivity contribution in [2.75, 3.05) is 10.0 Å². The number of para-hydroxylation sites is 1. The Bertz CT molecular complexity index is 1340. The topological polar surface area (TPSA) is 88.2 Å². The normalized spacial score (nSPS) is 11.4. The predicted octanol–water partition coefficient (Wildman–Crippen LogP) is 4.63. The van der Waals surface area contributed by atoms with Crippen molar-refractivity contribution in [1.82, 2.24) is 4.98 Å². The number of hydrogen-bond acceptors (Lipinski definition) is 5. The van der Waals surface area contributed by atoms with E-state index < -0.39 is 27.6 Å². The lowest BCUT2D eigenvalue weighted by Gasteiger charge is -2.09. The molecule has 1 heterocycles. The van der Waals surface area contributed by atoms with Gasteiger partial charge < -0.3 is 0 Å². The zero-order valence-corrected chi connectivity index (χ0v) is 16.7. The maximum Gasteiger partial charge on any atom is 0.261 e. The molecule has 1 amide bonds. The number of halogens is 2. The van der Waals surface area contributed by atoms with Crippen LogP contribution in [0.25, 0.3) is 10.2 Å². The van der Waals surface area contributed by atoms with Gasteiger partial charge in [-0.05, 0) is 60.7 Å². The van der Waals surface area contributed by atoms with Crippen molar-refractivity contribution in [3.8, 4) is 0 Å². The number of nitrogens with one attached hydrogen (secondary N) is 2. The van der Waals surface area contributed by atoms with Crippen LogP contribution in [0, 0.1) is 11.6 Å². The minimum absolute atomic E-state index is 0.0891. The third-order valence-electron chi connectivity index (χ3n) is 4.11. The third-order valence-corrected chi connectivity index (χ3v) is 6.45. The minimum Gasteiger partial charge on any atom is -0.298 e. The average molecular weight is 445 g/mol. The van der Waals surface area contributed by atoms with Gasteiger partial charge in [0.25, 0.3) is 15.9 Å². The van der Waals surface area contributed by atoms with Crippen molar-refractivity contribution in [2.45, 2.75) is 4.90 Å². The number of nitrogens with zero attached hydrogens (tertiary/aromatic N) is 1. The van der Waals surface area contributed by atoms with Crippen molar-refractivity contribution < 1.29 is 22.0 Å². The van der Waals surface area contributed by atoms with E-state index in [9.17, 15) is 22.0 Å². The molecular weight excluding hydrogens is 432 g/mol. The van der Waals surface area contributed by atoms with Crippen molar-refractivity contribution >= 4 is 48.3 Å². The van der Waals surface area contributed by atoms with Gasteiger partial charge in [-0.2, -0.15) is 0 Å². The van der Waals surface area contributed by atoms with Crippen LogP contribution < -0.4 is 10.0 Å². The first-order chi connectivity index (χ1) is 14.3. The molecule has 1 aromatic heterocycles. The number of carbonyl (C=O) groups is 1. The molecule has 0 aliphatic rings. The summed E-state index contributed by atoms with van der Waals surface area (Å²) in [5.74, 6) is -1.48. The van der Waals surface area contributed by atoms with Gasteiger partial charge in [-0.1, -0.05) is 17.4 Å². The maximum absolute atomic E-state index is 13.7. The van der Waals surface area contributed by atoms with Gasteiger partial charge in [-0.15, -0.1) is 0 Å². The summed E-state index contributed by atoms with van der Waals surface area (Å²) in [4.78, 5) is 16.4. The van der Waals surface area contributed by atoms with Gasteiger partial charge in [0, 0.05) is 11.3 Å². The third kappa shape index (κ3) is 4.14. The molecule has 2 N–H and O–H groups in total. The van der Waals surface area contributed by atoms with Gasteiger partial charge in [0.15, 0.2) is 5.13 Å². The molecule has 152 valence electrons. The van der Waals surface area contributed by atoms with Crippen LogP contribution in [-0.4, -0.2) is 19.3 Å². The molecule has 4 aromatic rings. The van der Waals surface area contributed by atoms with Crippen LogP contribution in [0.2, 0.25) is 0 Å². The molecule has 6 nitrogen and oxygen atoms in total. The first-order valence-electron chi connectivity index (χ1n) is 8.57. The lowest BCUT2D eigenvalue weighted by molar-refractivity contribution is 0.102. The molecule has 0 aliphatic carbocycles. The zero-order valence-electron chi connectivity index (χ0n) is 15.1. The molecule has 0 unspecified atom stereocenters. The van der Waals surface area contributed by atoms with Crippen LogP contribution in [0.5, 0.6) is 0 Å². The number of hydrogen-bond donors (Lipinski definition) is 2. The second-order valence-corrected chi connectivity index (χ2v) is 8.91. The lowest BCUT2D eigenvalue weighted by atomic mass is 10.2. The van der Waals surface area contributed by atoms with E-state index in [-0.39, 0.29) is 26.8 Å². The summed E-state index contributed by atoms with van der Waals surface area (Å²) >= 11 is 1.14. The highest BCUT2D eigenvalue weighted by molar-refractivity contribution is 7.92. The van der Waals surface area contributed by atoms with E-state index in [1.54, 1.807) is 12.1 Å². The summed E-state index contributed by atoms with van der Waals surface area (Å²) in [6, 6.07) is 14.7. The van der Waals surface area contributed by atoms with E-state index >= 15 is 0 Å². The molecular formula is C20H13F2N3O3S2. The molecule has 0 saturated carbocycles. The van der Waals surface area contributed by atoms with E-state index in [0.717, 1.165) is 35.6 Å². The fourth-order valence-corrected chi connectivity index (χ4v) is 4.59. The number of aromatic nitrogens is 1. The fourth-order valence-electron chi connectivity index (χ4n) is 2.66. The summed E-state index contributed by atoms with van der Waals surface area (Å²) in [7, 11) is -3.89. The first-order valence-corrected chi connectivity index (χ1v) is 10.9. The number of amides is 1. The first kappa shape index (κ1) is 19.9. The smallest absolute Gasteiger partial charge is 0.261 e. The number of carbonyl (C=O) groups excluding carboxylic acids is 1. The van der Waals surface area contributed by atoms with Gasteiger partial charge in [-0.3, -0.25) is 14.8 Å². The SMILES string of the molecule is O=C(Nc1nc2c(F)cccc2s1)c1ccc(NS(=O)(=O)c2ccc(F)cc2)cc1. The quantitative estimate of drug-likeness (QED) is 0.469. The summed E-state index contributed by atoms with van der Waals surface area (Å²) in [5, 5.41) is 2.85. The lowest BCUT2D eigenvalue weighted by Crippen LogP contribution is -2.14. The van der Waals surface area contributed by atoms with E-state index in [0.29, 0.717) is 4.70 Å². The van der Waals surface area contributed by atoms with Gasteiger partial charge in [0.1, 0.15) is 17.2 Å². The molecule has 4 rings (SSSR count). The molecule has 0 fully saturated rings. The highest BCUT2D eigenvalue weighted by atomic mass is 32.2. The molecule has 0 bridgehead atoms. The van der Waals surface area contributed by atoms with Gasteiger partial charge in [0.2, 0.25) is 0 Å². The van der Waals surface area contributed by atoms with Crippen molar-refractivity contribution in [2.24, 2.45) is 0 Å². The zero-order chi connectivity index (χ0) is 21.3. The van der Waals surface area contributed by atoms with Gasteiger partial charge in [0.05, 0.1) is 9.60 Å². The number of anilines is 2. The van der Waals surface area contributed by atoms with Crippen LogP contribution in [0.4, 0.5) is 19.6 Å². The second kappa shape index (κ2) is 7.81. The van der Waals surface area contributed by atoms with E-state index in [1.165, 1.54) is 30.3 Å². The largest absolute Gasteiger partial charge is 0.298 e. The Balaban J connectivity index is 1.47. The van der Waals surface area contributed by atoms with Crippen molar-refractivity contribution in [3.05, 3.63) is 83.9 Å².